The summed E-state index contributed by atoms with van der Waals surface area (Å²) in [6.45, 7) is 0. The van der Waals surface area contributed by atoms with Crippen molar-refractivity contribution in [3.63, 3.8) is 0 Å². The number of ketones is 1. The molecule has 1 aromatic heterocycles. The van der Waals surface area contributed by atoms with Gasteiger partial charge in [-0.3, -0.25) is 9.78 Å². The first-order valence-corrected chi connectivity index (χ1v) is 6.83. The van der Waals surface area contributed by atoms with Gasteiger partial charge in [0.1, 0.15) is 0 Å². The molecule has 1 aliphatic carbocycles. The monoisotopic (exact) mass is 254 g/mol. The molecular weight excluding hydrogens is 236 g/mol. The average molecular weight is 254 g/mol. The number of hydrogen-bond donors (Lipinski definition) is 1. The Bertz CT molecular complexity index is 615. The lowest BCUT2D eigenvalue weighted by molar-refractivity contribution is 0.0952. The molecule has 2 aromatic rings. The highest BCUT2D eigenvalue weighted by Crippen LogP contribution is 2.31. The summed E-state index contributed by atoms with van der Waals surface area (Å²) in [4.78, 5) is 16.7. The normalized spacial score (nSPS) is 17.7. The van der Waals surface area contributed by atoms with Crippen molar-refractivity contribution >= 4 is 16.7 Å². The second-order valence-corrected chi connectivity index (χ2v) is 5.59. The van der Waals surface area contributed by atoms with Crippen molar-refractivity contribution in [2.75, 3.05) is 0 Å². The Morgan fingerprint density at radius 3 is 2.79 bits per heavy atom. The largest absolute Gasteiger partial charge is 0.325 e. The van der Waals surface area contributed by atoms with Crippen LogP contribution < -0.4 is 5.73 Å². The van der Waals surface area contributed by atoms with Crippen LogP contribution in [0.5, 0.6) is 0 Å². The Balaban J connectivity index is 1.85. The maximum absolute atomic E-state index is 12.3. The molecule has 2 N–H and O–H groups in total. The predicted molar refractivity (Wildman–Crippen MR) is 76.1 cm³/mol. The summed E-state index contributed by atoms with van der Waals surface area (Å²) in [7, 11) is 0. The number of benzene rings is 1. The number of pyridine rings is 1. The maximum Gasteiger partial charge on any atom is 0.166 e. The van der Waals surface area contributed by atoms with Crippen LogP contribution in [-0.4, -0.2) is 16.3 Å². The third-order valence-electron chi connectivity index (χ3n) is 4.02. The summed E-state index contributed by atoms with van der Waals surface area (Å²) in [5, 5.41) is 1.01. The van der Waals surface area contributed by atoms with Crippen LogP contribution in [0, 0.1) is 0 Å². The zero-order valence-corrected chi connectivity index (χ0v) is 10.9. The van der Waals surface area contributed by atoms with E-state index in [2.05, 4.69) is 4.98 Å². The van der Waals surface area contributed by atoms with E-state index in [1.54, 1.807) is 6.20 Å². The molecular formula is C16H18N2O. The van der Waals surface area contributed by atoms with E-state index >= 15 is 0 Å². The summed E-state index contributed by atoms with van der Waals surface area (Å²) >= 11 is 0. The van der Waals surface area contributed by atoms with Crippen LogP contribution in [0.15, 0.2) is 36.5 Å². The minimum Gasteiger partial charge on any atom is -0.325 e. The van der Waals surface area contributed by atoms with E-state index in [9.17, 15) is 4.79 Å². The predicted octanol–water partition coefficient (Wildman–Crippen LogP) is 3.08. The number of para-hydroxylation sites is 1. The van der Waals surface area contributed by atoms with Crippen LogP contribution >= 0.6 is 0 Å². The first-order chi connectivity index (χ1) is 9.16. The third-order valence-corrected chi connectivity index (χ3v) is 4.02. The number of carbonyl (C=O) groups is 1. The van der Waals surface area contributed by atoms with Crippen molar-refractivity contribution in [1.29, 1.82) is 0 Å². The van der Waals surface area contributed by atoms with Gasteiger partial charge in [-0.15, -0.1) is 0 Å². The van der Waals surface area contributed by atoms with Gasteiger partial charge in [0.05, 0.1) is 5.52 Å². The summed E-state index contributed by atoms with van der Waals surface area (Å²) in [6.07, 6.45) is 6.30. The van der Waals surface area contributed by atoms with Gasteiger partial charge in [-0.2, -0.15) is 0 Å². The third kappa shape index (κ3) is 2.51. The smallest absolute Gasteiger partial charge is 0.166 e. The lowest BCUT2D eigenvalue weighted by Crippen LogP contribution is -2.38. The number of Topliss-reactive ketones (excluding diaryl/α,β-unsaturated/α-hetero) is 1. The molecule has 0 aliphatic heterocycles. The lowest BCUT2D eigenvalue weighted by atomic mass is 9.90. The Labute approximate surface area is 112 Å². The fourth-order valence-corrected chi connectivity index (χ4v) is 2.90. The molecule has 3 nitrogen and oxygen atoms in total. The molecule has 3 heteroatoms. The van der Waals surface area contributed by atoms with E-state index in [-0.39, 0.29) is 11.3 Å². The molecule has 0 atom stereocenters. The van der Waals surface area contributed by atoms with Crippen molar-refractivity contribution < 1.29 is 4.79 Å². The Morgan fingerprint density at radius 2 is 2.00 bits per heavy atom. The number of nitrogens with zero attached hydrogens (tertiary/aromatic N) is 1. The van der Waals surface area contributed by atoms with Gasteiger partial charge in [0.15, 0.2) is 5.78 Å². The van der Waals surface area contributed by atoms with Crippen LogP contribution in [0.25, 0.3) is 10.9 Å². The van der Waals surface area contributed by atoms with Crippen LogP contribution in [0.2, 0.25) is 0 Å². The van der Waals surface area contributed by atoms with Crippen LogP contribution in [0.3, 0.4) is 0 Å². The summed E-state index contributed by atoms with van der Waals surface area (Å²) < 4.78 is 0. The summed E-state index contributed by atoms with van der Waals surface area (Å²) in [6, 6.07) is 9.75. The molecule has 1 saturated carbocycles. The molecule has 3 rings (SSSR count). The van der Waals surface area contributed by atoms with Gasteiger partial charge in [-0.05, 0) is 25.0 Å². The van der Waals surface area contributed by atoms with Gasteiger partial charge in [0.25, 0.3) is 0 Å². The van der Waals surface area contributed by atoms with E-state index in [4.69, 9.17) is 5.73 Å². The van der Waals surface area contributed by atoms with Gasteiger partial charge in [-0.25, -0.2) is 0 Å². The van der Waals surface area contributed by atoms with Crippen LogP contribution in [0.4, 0.5) is 0 Å². The van der Waals surface area contributed by atoms with Gasteiger partial charge in [-0.1, -0.05) is 31.0 Å². The Kier molecular flexibility index (Phi) is 3.07. The number of nitrogens with two attached hydrogens (primary N) is 1. The molecule has 0 radical (unpaired) electrons. The van der Waals surface area contributed by atoms with E-state index in [1.807, 2.05) is 30.3 Å². The first-order valence-electron chi connectivity index (χ1n) is 6.83. The average Bonchev–Trinajstić information content (AvgIpc) is 2.84. The van der Waals surface area contributed by atoms with Gasteiger partial charge in [0, 0.05) is 29.1 Å². The first kappa shape index (κ1) is 12.3. The molecule has 0 bridgehead atoms. The molecule has 0 unspecified atom stereocenters. The second-order valence-electron chi connectivity index (χ2n) is 5.59. The fraction of sp³-hybridized carbons (Fsp3) is 0.375. The van der Waals surface area contributed by atoms with Crippen molar-refractivity contribution in [3.05, 3.63) is 42.1 Å². The number of aromatic nitrogens is 1. The molecule has 1 heterocycles. The fourth-order valence-electron chi connectivity index (χ4n) is 2.90. The highest BCUT2D eigenvalue weighted by molar-refractivity contribution is 5.99. The van der Waals surface area contributed by atoms with Crippen molar-refractivity contribution in [2.45, 2.75) is 37.6 Å². The molecule has 19 heavy (non-hydrogen) atoms. The molecule has 0 saturated heterocycles. The second kappa shape index (κ2) is 4.74. The zero-order valence-electron chi connectivity index (χ0n) is 10.9. The topological polar surface area (TPSA) is 56.0 Å². The maximum atomic E-state index is 12.3. The quantitative estimate of drug-likeness (QED) is 0.856. The SMILES string of the molecule is NC1(CC(=O)c2cnc3ccccc3c2)CCCC1. The van der Waals surface area contributed by atoms with E-state index in [0.29, 0.717) is 12.0 Å². The summed E-state index contributed by atoms with van der Waals surface area (Å²) in [5.74, 6) is 0.114. The number of fused-ring (bicyclic) bond motifs is 1. The zero-order chi connectivity index (χ0) is 13.3. The standard InChI is InChI=1S/C16H18N2O/c17-16(7-3-4-8-16)10-15(19)13-9-12-5-1-2-6-14(12)18-11-13/h1-2,5-6,9,11H,3-4,7-8,10,17H2. The van der Waals surface area contributed by atoms with Gasteiger partial charge >= 0.3 is 0 Å². The molecule has 1 aliphatic rings. The van der Waals surface area contributed by atoms with Crippen molar-refractivity contribution in [1.82, 2.24) is 4.98 Å². The molecule has 1 aromatic carbocycles. The lowest BCUT2D eigenvalue weighted by Gasteiger charge is -2.22. The highest BCUT2D eigenvalue weighted by Gasteiger charge is 2.31. The van der Waals surface area contributed by atoms with E-state index in [0.717, 1.165) is 36.6 Å². The molecule has 0 amide bonds. The molecule has 1 fully saturated rings. The Hall–Kier alpha value is -1.74. The number of hydrogen-bond acceptors (Lipinski definition) is 3. The Morgan fingerprint density at radius 1 is 1.26 bits per heavy atom. The highest BCUT2D eigenvalue weighted by atomic mass is 16.1. The molecule has 98 valence electrons. The van der Waals surface area contributed by atoms with E-state index < -0.39 is 0 Å². The summed E-state index contributed by atoms with van der Waals surface area (Å²) in [5.41, 5.74) is 7.57. The minimum absolute atomic E-state index is 0.114. The number of carbonyl (C=O) groups excluding carboxylic acids is 1. The molecule has 0 spiro atoms. The van der Waals surface area contributed by atoms with Crippen LogP contribution in [-0.2, 0) is 0 Å². The van der Waals surface area contributed by atoms with Crippen molar-refractivity contribution in [3.8, 4) is 0 Å². The van der Waals surface area contributed by atoms with Crippen molar-refractivity contribution in [2.24, 2.45) is 5.73 Å². The minimum atomic E-state index is -0.289. The van der Waals surface area contributed by atoms with Gasteiger partial charge < -0.3 is 5.73 Å². The van der Waals surface area contributed by atoms with E-state index in [1.165, 1.54) is 0 Å². The van der Waals surface area contributed by atoms with Crippen LogP contribution in [0.1, 0.15) is 42.5 Å². The number of rotatable bonds is 3. The van der Waals surface area contributed by atoms with Gasteiger partial charge in [0.2, 0.25) is 0 Å².